The molecule has 0 fully saturated rings. The molecule has 0 aliphatic rings. The standard InChI is InChI=1S/C12H19INO2/c1-14(2,7-9-15)8-10-16-12-5-3-11(13)4-6-12/h3-6,15H,7-10H2,1-2H3/q+1. The molecule has 16 heavy (non-hydrogen) atoms. The van der Waals surface area contributed by atoms with Crippen molar-refractivity contribution >= 4 is 22.6 Å². The largest absolute Gasteiger partial charge is 0.488 e. The smallest absolute Gasteiger partial charge is 0.137 e. The number of rotatable bonds is 6. The van der Waals surface area contributed by atoms with Gasteiger partial charge in [0.2, 0.25) is 0 Å². The number of hydrogen-bond donors (Lipinski definition) is 1. The summed E-state index contributed by atoms with van der Waals surface area (Å²) in [6.45, 7) is 2.55. The molecule has 1 aromatic rings. The van der Waals surface area contributed by atoms with Gasteiger partial charge in [-0.05, 0) is 46.9 Å². The molecule has 0 atom stereocenters. The fourth-order valence-corrected chi connectivity index (χ4v) is 1.68. The molecule has 1 rings (SSSR count). The van der Waals surface area contributed by atoms with Gasteiger partial charge < -0.3 is 14.3 Å². The Kier molecular flexibility index (Phi) is 5.51. The van der Waals surface area contributed by atoms with Crippen molar-refractivity contribution in [3.05, 3.63) is 27.8 Å². The number of hydrogen-bond acceptors (Lipinski definition) is 2. The van der Waals surface area contributed by atoms with Gasteiger partial charge in [-0.3, -0.25) is 0 Å². The minimum atomic E-state index is 0.219. The van der Waals surface area contributed by atoms with Gasteiger partial charge in [0.05, 0.1) is 20.7 Å². The molecule has 1 N–H and O–H groups in total. The normalized spacial score (nSPS) is 11.5. The number of ether oxygens (including phenoxy) is 1. The predicted molar refractivity (Wildman–Crippen MR) is 73.6 cm³/mol. The van der Waals surface area contributed by atoms with Crippen LogP contribution in [0.1, 0.15) is 0 Å². The van der Waals surface area contributed by atoms with E-state index >= 15 is 0 Å². The lowest BCUT2D eigenvalue weighted by molar-refractivity contribution is -0.890. The third kappa shape index (κ3) is 5.14. The highest BCUT2D eigenvalue weighted by atomic mass is 127. The van der Waals surface area contributed by atoms with Gasteiger partial charge >= 0.3 is 0 Å². The number of likely N-dealkylation sites (N-methyl/N-ethyl adjacent to an activating group) is 1. The SMILES string of the molecule is C[N+](C)(CCO)CCOc1ccc(I)cc1. The molecule has 4 heteroatoms. The van der Waals surface area contributed by atoms with E-state index < -0.39 is 0 Å². The van der Waals surface area contributed by atoms with Crippen LogP contribution in [0.25, 0.3) is 0 Å². The molecule has 0 amide bonds. The van der Waals surface area contributed by atoms with E-state index in [1.54, 1.807) is 0 Å². The van der Waals surface area contributed by atoms with Gasteiger partial charge in [0.25, 0.3) is 0 Å². The summed E-state index contributed by atoms with van der Waals surface area (Å²) in [6.07, 6.45) is 0. The molecule has 0 aromatic heterocycles. The molecule has 0 unspecified atom stereocenters. The molecule has 90 valence electrons. The van der Waals surface area contributed by atoms with Crippen LogP contribution in [0.4, 0.5) is 0 Å². The van der Waals surface area contributed by atoms with Crippen LogP contribution in [0.5, 0.6) is 5.75 Å². The average molecular weight is 336 g/mol. The summed E-state index contributed by atoms with van der Waals surface area (Å²) in [6, 6.07) is 8.02. The second-order valence-corrected chi connectivity index (χ2v) is 5.65. The van der Waals surface area contributed by atoms with Crippen LogP contribution in [0, 0.1) is 3.57 Å². The number of nitrogens with zero attached hydrogens (tertiary/aromatic N) is 1. The second kappa shape index (κ2) is 6.42. The molecule has 0 aliphatic carbocycles. The Morgan fingerprint density at radius 3 is 2.38 bits per heavy atom. The van der Waals surface area contributed by atoms with Crippen LogP contribution in [-0.2, 0) is 0 Å². The monoisotopic (exact) mass is 336 g/mol. The van der Waals surface area contributed by atoms with Gasteiger partial charge in [-0.2, -0.15) is 0 Å². The second-order valence-electron chi connectivity index (χ2n) is 4.41. The topological polar surface area (TPSA) is 29.5 Å². The van der Waals surface area contributed by atoms with Crippen LogP contribution in [0.15, 0.2) is 24.3 Å². The molecule has 1 aromatic carbocycles. The highest BCUT2D eigenvalue weighted by molar-refractivity contribution is 14.1. The maximum atomic E-state index is 8.89. The molecule has 0 spiro atoms. The molecule has 0 saturated carbocycles. The third-order valence-corrected chi connectivity index (χ3v) is 3.20. The fraction of sp³-hybridized carbons (Fsp3) is 0.500. The zero-order valence-electron chi connectivity index (χ0n) is 9.82. The van der Waals surface area contributed by atoms with Gasteiger partial charge in [-0.25, -0.2) is 0 Å². The van der Waals surface area contributed by atoms with Gasteiger partial charge in [-0.1, -0.05) is 0 Å². The lowest BCUT2D eigenvalue weighted by Crippen LogP contribution is -2.44. The van der Waals surface area contributed by atoms with E-state index in [9.17, 15) is 0 Å². The number of benzene rings is 1. The van der Waals surface area contributed by atoms with Crippen LogP contribution in [0.2, 0.25) is 0 Å². The van der Waals surface area contributed by atoms with Crippen LogP contribution < -0.4 is 4.74 Å². The maximum Gasteiger partial charge on any atom is 0.137 e. The van der Waals surface area contributed by atoms with E-state index in [-0.39, 0.29) is 6.61 Å². The van der Waals surface area contributed by atoms with E-state index in [0.717, 1.165) is 23.3 Å². The molecular weight excluding hydrogens is 317 g/mol. The molecule has 0 aliphatic heterocycles. The lowest BCUT2D eigenvalue weighted by Gasteiger charge is -2.28. The highest BCUT2D eigenvalue weighted by Crippen LogP contribution is 2.13. The zero-order valence-corrected chi connectivity index (χ0v) is 12.0. The summed E-state index contributed by atoms with van der Waals surface area (Å²) < 4.78 is 7.63. The first-order valence-electron chi connectivity index (χ1n) is 5.35. The number of aliphatic hydroxyl groups is 1. The van der Waals surface area contributed by atoms with E-state index in [0.29, 0.717) is 6.61 Å². The summed E-state index contributed by atoms with van der Waals surface area (Å²) in [7, 11) is 4.18. The summed E-state index contributed by atoms with van der Waals surface area (Å²) in [5, 5.41) is 8.89. The zero-order chi connectivity index (χ0) is 12.0. The minimum absolute atomic E-state index is 0.219. The predicted octanol–water partition coefficient (Wildman–Crippen LogP) is 1.74. The van der Waals surface area contributed by atoms with Crippen molar-refractivity contribution in [1.29, 1.82) is 0 Å². The van der Waals surface area contributed by atoms with Gasteiger partial charge in [-0.15, -0.1) is 0 Å². The molecule has 0 bridgehead atoms. The molecule has 3 nitrogen and oxygen atoms in total. The first-order valence-corrected chi connectivity index (χ1v) is 6.43. The molecule has 0 radical (unpaired) electrons. The van der Waals surface area contributed by atoms with Gasteiger partial charge in [0.15, 0.2) is 0 Å². The number of quaternary nitrogens is 1. The number of aliphatic hydroxyl groups excluding tert-OH is 1. The Labute approximate surface area is 111 Å². The van der Waals surface area contributed by atoms with Crippen molar-refractivity contribution in [2.75, 3.05) is 40.4 Å². The van der Waals surface area contributed by atoms with E-state index in [4.69, 9.17) is 9.84 Å². The van der Waals surface area contributed by atoms with Crippen LogP contribution in [0.3, 0.4) is 0 Å². The summed E-state index contributed by atoms with van der Waals surface area (Å²) in [5.74, 6) is 0.907. The summed E-state index contributed by atoms with van der Waals surface area (Å²) in [5.41, 5.74) is 0. The van der Waals surface area contributed by atoms with E-state index in [2.05, 4.69) is 36.7 Å². The Morgan fingerprint density at radius 2 is 1.81 bits per heavy atom. The van der Waals surface area contributed by atoms with Crippen molar-refractivity contribution < 1.29 is 14.3 Å². The highest BCUT2D eigenvalue weighted by Gasteiger charge is 2.13. The quantitative estimate of drug-likeness (QED) is 0.633. The fourth-order valence-electron chi connectivity index (χ4n) is 1.32. The molecule has 0 heterocycles. The van der Waals surface area contributed by atoms with Gasteiger partial charge in [0, 0.05) is 3.57 Å². The lowest BCUT2D eigenvalue weighted by atomic mass is 10.3. The van der Waals surface area contributed by atoms with Crippen LogP contribution >= 0.6 is 22.6 Å². The van der Waals surface area contributed by atoms with Crippen molar-refractivity contribution in [3.8, 4) is 5.75 Å². The van der Waals surface area contributed by atoms with Gasteiger partial charge in [0.1, 0.15) is 25.4 Å². The molecule has 0 saturated heterocycles. The Balaban J connectivity index is 2.32. The van der Waals surface area contributed by atoms with Crippen molar-refractivity contribution in [3.63, 3.8) is 0 Å². The van der Waals surface area contributed by atoms with E-state index in [1.807, 2.05) is 24.3 Å². The first-order chi connectivity index (χ1) is 7.53. The maximum absolute atomic E-state index is 8.89. The van der Waals surface area contributed by atoms with E-state index in [1.165, 1.54) is 3.57 Å². The third-order valence-electron chi connectivity index (χ3n) is 2.48. The average Bonchev–Trinajstić information content (AvgIpc) is 2.20. The van der Waals surface area contributed by atoms with Crippen molar-refractivity contribution in [2.24, 2.45) is 0 Å². The number of halogens is 1. The Hall–Kier alpha value is -0.330. The first kappa shape index (κ1) is 13.7. The van der Waals surface area contributed by atoms with Crippen molar-refractivity contribution in [1.82, 2.24) is 0 Å². The molecular formula is C12H19INO2+. The van der Waals surface area contributed by atoms with Crippen LogP contribution in [-0.4, -0.2) is 50.0 Å². The Bertz CT molecular complexity index is 311. The summed E-state index contributed by atoms with van der Waals surface area (Å²) >= 11 is 2.27. The summed E-state index contributed by atoms with van der Waals surface area (Å²) in [4.78, 5) is 0. The minimum Gasteiger partial charge on any atom is -0.488 e. The van der Waals surface area contributed by atoms with Crippen molar-refractivity contribution in [2.45, 2.75) is 0 Å². The Morgan fingerprint density at radius 1 is 1.19 bits per heavy atom.